The summed E-state index contributed by atoms with van der Waals surface area (Å²) in [6, 6.07) is 0.873. The normalized spacial score (nSPS) is 21.8. The van der Waals surface area contributed by atoms with Crippen LogP contribution in [-0.4, -0.2) is 138 Å². The Hall–Kier alpha value is -4.69. The molecule has 4 aliphatic rings. The molecular formula is C49H76FN9O9. The average Bonchev–Trinajstić information content (AvgIpc) is 4.11. The highest BCUT2D eigenvalue weighted by atomic mass is 19.1. The Morgan fingerprint density at radius 2 is 1.24 bits per heavy atom. The molecule has 1 aromatic carbocycles. The number of hydrogen-bond acceptors (Lipinski definition) is 12. The van der Waals surface area contributed by atoms with Crippen molar-refractivity contribution in [2.45, 2.75) is 173 Å². The minimum Gasteiger partial charge on any atom is -0.477 e. The Labute approximate surface area is 399 Å². The van der Waals surface area contributed by atoms with Crippen LogP contribution in [0.15, 0.2) is 23.1 Å². The second-order valence-corrected chi connectivity index (χ2v) is 22.3. The third-order valence-corrected chi connectivity index (χ3v) is 14.6. The molecule has 4 fully saturated rings. The number of piperazine rings is 1. The predicted octanol–water partition coefficient (Wildman–Crippen LogP) is 4.52. The zero-order valence-electron chi connectivity index (χ0n) is 41.3. The van der Waals surface area contributed by atoms with Gasteiger partial charge in [0.05, 0.1) is 17.2 Å². The zero-order valence-corrected chi connectivity index (χ0v) is 41.3. The molecule has 0 spiro atoms. The number of nitrogens with two attached hydrogens (primary N) is 1. The monoisotopic (exact) mass is 954 g/mol. The van der Waals surface area contributed by atoms with Gasteiger partial charge in [-0.25, -0.2) is 9.18 Å². The van der Waals surface area contributed by atoms with Gasteiger partial charge >= 0.3 is 5.97 Å². The Bertz CT molecular complexity index is 2230. The van der Waals surface area contributed by atoms with Crippen LogP contribution in [0.1, 0.15) is 149 Å². The van der Waals surface area contributed by atoms with Crippen LogP contribution in [0, 0.1) is 17.7 Å². The molecule has 3 aliphatic heterocycles. The Balaban J connectivity index is 1.05. The number of hydroxylamine groups is 4. The van der Waals surface area contributed by atoms with Crippen LogP contribution in [0.25, 0.3) is 10.9 Å². The van der Waals surface area contributed by atoms with Crippen LogP contribution in [0.2, 0.25) is 0 Å². The number of hydrogen-bond donors (Lipinski definition) is 7. The molecule has 2 atom stereocenters. The number of nitrogens with zero attached hydrogens (tertiary/aromatic N) is 5. The van der Waals surface area contributed by atoms with Crippen LogP contribution in [0.4, 0.5) is 10.1 Å². The summed E-state index contributed by atoms with van der Waals surface area (Å²) < 4.78 is 17.5. The number of benzene rings is 1. The van der Waals surface area contributed by atoms with Gasteiger partial charge in [-0.2, -0.15) is 10.1 Å². The number of fused-ring (bicyclic) bond motifs is 1. The minimum absolute atomic E-state index is 0.00110. The van der Waals surface area contributed by atoms with Crippen molar-refractivity contribution in [1.29, 1.82) is 0 Å². The van der Waals surface area contributed by atoms with Crippen molar-refractivity contribution in [2.24, 2.45) is 17.6 Å². The summed E-state index contributed by atoms with van der Waals surface area (Å²) in [6.45, 7) is 17.0. The number of nitrogens with one attached hydrogen (secondary N) is 3. The number of unbranched alkanes of at least 4 members (excludes halogenated alkanes) is 2. The summed E-state index contributed by atoms with van der Waals surface area (Å²) >= 11 is 0. The van der Waals surface area contributed by atoms with Gasteiger partial charge in [-0.15, -0.1) is 0 Å². The molecule has 4 amide bonds. The molecule has 4 heterocycles. The molecule has 378 valence electrons. The second kappa shape index (κ2) is 20.7. The summed E-state index contributed by atoms with van der Waals surface area (Å²) in [7, 11) is 0. The van der Waals surface area contributed by atoms with Gasteiger partial charge in [-0.1, -0.05) is 0 Å². The molecule has 6 rings (SSSR count). The molecule has 19 heteroatoms. The van der Waals surface area contributed by atoms with E-state index in [2.05, 4.69) is 16.0 Å². The SMILES string of the molecule is CC1(C)CC(C(=O)NCCCC[C@H](NC(=O)[C@@H](N)CCCCNC(=O)C2CC(C)(C)N(O)C(C)(C)C2)C(=O)N2CCN(c3cc4c(cc3F)c(=O)c(C(=O)O)cn4C3CC3)CC2)CC(C)(C)N1O. The van der Waals surface area contributed by atoms with Crippen molar-refractivity contribution in [1.82, 2.24) is 35.5 Å². The first-order valence-electron chi connectivity index (χ1n) is 24.5. The van der Waals surface area contributed by atoms with Crippen molar-refractivity contribution >= 4 is 46.2 Å². The van der Waals surface area contributed by atoms with Gasteiger partial charge in [0.2, 0.25) is 29.1 Å². The molecule has 2 aromatic rings. The smallest absolute Gasteiger partial charge is 0.341 e. The number of anilines is 1. The molecule has 0 radical (unpaired) electrons. The molecule has 18 nitrogen and oxygen atoms in total. The van der Waals surface area contributed by atoms with Gasteiger partial charge in [-0.3, -0.25) is 24.0 Å². The fraction of sp³-hybridized carbons (Fsp3) is 0.714. The summed E-state index contributed by atoms with van der Waals surface area (Å²) in [5.41, 5.74) is 3.67. The Morgan fingerprint density at radius 1 is 0.750 bits per heavy atom. The number of carboxylic acids is 1. The average molecular weight is 954 g/mol. The van der Waals surface area contributed by atoms with E-state index in [1.54, 1.807) is 20.4 Å². The van der Waals surface area contributed by atoms with Crippen molar-refractivity contribution in [3.8, 4) is 0 Å². The summed E-state index contributed by atoms with van der Waals surface area (Å²) in [5.74, 6) is -3.52. The fourth-order valence-corrected chi connectivity index (χ4v) is 11.0. The maximum atomic E-state index is 15.8. The molecule has 68 heavy (non-hydrogen) atoms. The van der Waals surface area contributed by atoms with Crippen molar-refractivity contribution in [3.63, 3.8) is 0 Å². The number of carbonyl (C=O) groups excluding carboxylic acids is 4. The standard InChI is InChI=1S/C49H76FN9O9/c1-46(2)25-30(26-47(3,4)58(46)67)41(61)52-17-11-9-13-36(51)43(63)54-37(14-10-12-18-53-42(62)31-27-48(5,6)59(68)49(7,8)28-31)44(64)56-21-19-55(20-22-56)39-24-38-33(23-35(39)50)40(60)34(45(65)66)29-57(38)32-15-16-32/h23-24,29-32,36-37,67-68H,9-22,25-28,51H2,1-8H3,(H,52,61)(H,53,62)(H,54,63)(H,65,66)/t36-,37-/m0/s1. The first-order chi connectivity index (χ1) is 31.7. The van der Waals surface area contributed by atoms with E-state index in [1.807, 2.05) is 55.4 Å². The maximum absolute atomic E-state index is 15.8. The van der Waals surface area contributed by atoms with Gasteiger partial charge in [0.15, 0.2) is 0 Å². The second-order valence-electron chi connectivity index (χ2n) is 22.3. The van der Waals surface area contributed by atoms with E-state index < -0.39 is 62.9 Å². The number of pyridine rings is 1. The molecule has 0 unspecified atom stereocenters. The number of carboxylic acid groups (broad SMARTS) is 1. The third kappa shape index (κ3) is 12.0. The molecule has 8 N–H and O–H groups in total. The van der Waals surface area contributed by atoms with Crippen molar-refractivity contribution in [3.05, 3.63) is 39.9 Å². The largest absolute Gasteiger partial charge is 0.477 e. The van der Waals surface area contributed by atoms with E-state index in [4.69, 9.17) is 5.73 Å². The zero-order chi connectivity index (χ0) is 50.1. The van der Waals surface area contributed by atoms with Crippen LogP contribution >= 0.6 is 0 Å². The van der Waals surface area contributed by atoms with Crippen LogP contribution in [-0.2, 0) is 19.2 Å². The summed E-state index contributed by atoms with van der Waals surface area (Å²) in [6.07, 6.45) is 7.76. The number of rotatable bonds is 18. The van der Waals surface area contributed by atoms with Crippen molar-refractivity contribution in [2.75, 3.05) is 44.2 Å². The van der Waals surface area contributed by atoms with E-state index in [0.717, 1.165) is 18.9 Å². The molecule has 1 aliphatic carbocycles. The Kier molecular flexibility index (Phi) is 16.1. The summed E-state index contributed by atoms with van der Waals surface area (Å²) in [4.78, 5) is 82.6. The van der Waals surface area contributed by atoms with Crippen LogP contribution < -0.4 is 32.0 Å². The number of piperidine rings is 2. The molecule has 1 saturated carbocycles. The Morgan fingerprint density at radius 3 is 1.71 bits per heavy atom. The van der Waals surface area contributed by atoms with Gasteiger partial charge < -0.3 is 51.6 Å². The molecule has 0 bridgehead atoms. The van der Waals surface area contributed by atoms with Gasteiger partial charge in [-0.05, 0) is 145 Å². The quantitative estimate of drug-likeness (QED) is 0.102. The first kappa shape index (κ1) is 52.7. The highest BCUT2D eigenvalue weighted by Crippen LogP contribution is 2.42. The lowest BCUT2D eigenvalue weighted by atomic mass is 9.75. The van der Waals surface area contributed by atoms with E-state index >= 15 is 4.39 Å². The third-order valence-electron chi connectivity index (χ3n) is 14.6. The van der Waals surface area contributed by atoms with Gasteiger partial charge in [0, 0.05) is 90.9 Å². The number of aromatic carboxylic acids is 1. The topological polar surface area (TPSA) is 243 Å². The van der Waals surface area contributed by atoms with E-state index in [-0.39, 0.29) is 79.3 Å². The van der Waals surface area contributed by atoms with Gasteiger partial charge in [0.1, 0.15) is 17.4 Å². The number of amides is 4. The number of halogens is 1. The highest BCUT2D eigenvalue weighted by molar-refractivity contribution is 5.94. The minimum atomic E-state index is -1.37. The van der Waals surface area contributed by atoms with E-state index in [0.29, 0.717) is 76.4 Å². The molecule has 1 aromatic heterocycles. The lowest BCUT2D eigenvalue weighted by molar-refractivity contribution is -0.249. The predicted molar refractivity (Wildman–Crippen MR) is 255 cm³/mol. The van der Waals surface area contributed by atoms with Crippen molar-refractivity contribution < 1.29 is 43.9 Å². The lowest BCUT2D eigenvalue weighted by Gasteiger charge is -2.51. The first-order valence-corrected chi connectivity index (χ1v) is 24.5. The van der Waals surface area contributed by atoms with Crippen LogP contribution in [0.3, 0.4) is 0 Å². The number of carbonyl (C=O) groups is 5. The fourth-order valence-electron chi connectivity index (χ4n) is 11.0. The van der Waals surface area contributed by atoms with E-state index in [9.17, 15) is 44.3 Å². The summed E-state index contributed by atoms with van der Waals surface area (Å²) in [5, 5.41) is 42.6. The lowest BCUT2D eigenvalue weighted by Crippen LogP contribution is -2.60. The number of aromatic nitrogens is 1. The van der Waals surface area contributed by atoms with Crippen LogP contribution in [0.5, 0.6) is 0 Å². The van der Waals surface area contributed by atoms with Gasteiger partial charge in [0.25, 0.3) is 0 Å². The molecular weight excluding hydrogens is 878 g/mol. The maximum Gasteiger partial charge on any atom is 0.341 e. The van der Waals surface area contributed by atoms with E-state index in [1.165, 1.54) is 16.3 Å². The molecule has 3 saturated heterocycles. The highest BCUT2D eigenvalue weighted by Gasteiger charge is 2.48.